The van der Waals surface area contributed by atoms with Crippen molar-refractivity contribution in [3.63, 3.8) is 0 Å². The average molecular weight is 416 g/mol. The van der Waals surface area contributed by atoms with Gasteiger partial charge < -0.3 is 18.9 Å². The molecule has 0 amide bonds. The van der Waals surface area contributed by atoms with Gasteiger partial charge in [0.15, 0.2) is 0 Å². The summed E-state index contributed by atoms with van der Waals surface area (Å²) in [6, 6.07) is 12.0. The van der Waals surface area contributed by atoms with Gasteiger partial charge in [0.1, 0.15) is 0 Å². The predicted molar refractivity (Wildman–Crippen MR) is 96.2 cm³/mol. The van der Waals surface area contributed by atoms with Crippen molar-refractivity contribution in [2.75, 3.05) is 26.4 Å². The standard InChI is InChI=1S/C12H22O4.C6H6.2CO.Cr/c1-5-13-11(14-6-2)9-10-12(15-7-3)16-8-4;1-2-4-6-5-3-1;2*1-2;/h11-12H,5-8H2,1-4H3;1-6H;;;. The van der Waals surface area contributed by atoms with Gasteiger partial charge in [-0.3, -0.25) is 0 Å². The van der Waals surface area contributed by atoms with Gasteiger partial charge in [0.05, 0.1) is 0 Å². The molecular weight excluding hydrogens is 388 g/mol. The van der Waals surface area contributed by atoms with Crippen LogP contribution in [-0.2, 0) is 45.6 Å². The maximum atomic E-state index is 7.50. The number of benzene rings is 1. The molecule has 1 aromatic carbocycles. The number of hydrogen-bond donors (Lipinski definition) is 0. The first-order valence-electron chi connectivity index (χ1n) is 8.16. The topological polar surface area (TPSA) is 76.7 Å². The molecule has 0 aliphatic heterocycles. The van der Waals surface area contributed by atoms with Crippen LogP contribution in [0.3, 0.4) is 0 Å². The van der Waals surface area contributed by atoms with Gasteiger partial charge in [-0.05, 0) is 39.5 Å². The summed E-state index contributed by atoms with van der Waals surface area (Å²) >= 11 is 0. The maximum absolute atomic E-state index is 7.50. The van der Waals surface area contributed by atoms with Gasteiger partial charge >= 0.3 is 22.6 Å². The Hall–Kier alpha value is -1.37. The van der Waals surface area contributed by atoms with Crippen molar-refractivity contribution in [3.05, 3.63) is 49.7 Å². The minimum Gasteiger partial charge on any atom is -0.0623 e. The molecule has 0 heterocycles. The number of hydrogen-bond acceptors (Lipinski definition) is 4. The summed E-state index contributed by atoms with van der Waals surface area (Å²) in [6.07, 6.45) is -1.00. The Balaban J connectivity index is -0.000000199. The molecular formula is C20H28CrO6. The minimum atomic E-state index is -0.501. The second-order valence-corrected chi connectivity index (χ2v) is 3.93. The molecule has 0 aliphatic carbocycles. The van der Waals surface area contributed by atoms with Crippen molar-refractivity contribution >= 4 is 0 Å². The van der Waals surface area contributed by atoms with E-state index in [1.165, 1.54) is 0 Å². The molecule has 0 aliphatic rings. The maximum Gasteiger partial charge on any atom is 0 e. The van der Waals surface area contributed by atoms with E-state index in [9.17, 15) is 0 Å². The van der Waals surface area contributed by atoms with Crippen LogP contribution in [0.15, 0.2) is 36.4 Å². The van der Waals surface area contributed by atoms with Gasteiger partial charge in [0.25, 0.3) is 0 Å². The van der Waals surface area contributed by atoms with Crippen LogP contribution in [-0.4, -0.2) is 39.0 Å². The van der Waals surface area contributed by atoms with Crippen LogP contribution in [0, 0.1) is 25.1 Å². The van der Waals surface area contributed by atoms with Crippen molar-refractivity contribution in [1.29, 1.82) is 0 Å². The molecule has 150 valence electrons. The summed E-state index contributed by atoms with van der Waals surface area (Å²) in [5, 5.41) is 0. The van der Waals surface area contributed by atoms with Crippen LogP contribution in [0.5, 0.6) is 0 Å². The molecule has 0 bridgehead atoms. The molecule has 0 atom stereocenters. The Labute approximate surface area is 174 Å². The molecule has 6 nitrogen and oxygen atoms in total. The average Bonchev–Trinajstić information content (AvgIpc) is 2.71. The number of ether oxygens (including phenoxy) is 4. The van der Waals surface area contributed by atoms with Crippen LogP contribution in [0.4, 0.5) is 0 Å². The van der Waals surface area contributed by atoms with E-state index in [0.29, 0.717) is 26.4 Å². The molecule has 0 N–H and O–H groups in total. The van der Waals surface area contributed by atoms with Crippen LogP contribution >= 0.6 is 0 Å². The second kappa shape index (κ2) is 32.3. The summed E-state index contributed by atoms with van der Waals surface area (Å²) < 4.78 is 36.1. The molecule has 0 unspecified atom stereocenters. The van der Waals surface area contributed by atoms with Crippen LogP contribution in [0.2, 0.25) is 0 Å². The predicted octanol–water partition coefficient (Wildman–Crippen LogP) is 3.40. The number of rotatable bonds is 8. The molecule has 0 spiro atoms. The van der Waals surface area contributed by atoms with E-state index in [0.717, 1.165) is 0 Å². The van der Waals surface area contributed by atoms with E-state index in [1.54, 1.807) is 0 Å². The smallest absolute Gasteiger partial charge is 0 e. The Morgan fingerprint density at radius 1 is 0.593 bits per heavy atom. The first-order valence-corrected chi connectivity index (χ1v) is 8.16. The molecule has 0 fully saturated rings. The van der Waals surface area contributed by atoms with Crippen LogP contribution in [0.25, 0.3) is 0 Å². The summed E-state index contributed by atoms with van der Waals surface area (Å²) in [7, 11) is 0. The third kappa shape index (κ3) is 27.0. The molecule has 0 saturated carbocycles. The first kappa shape index (κ1) is 33.2. The normalized spacial score (nSPS) is 8.22. The summed E-state index contributed by atoms with van der Waals surface area (Å²) in [6.45, 7) is 18.8. The third-order valence-electron chi connectivity index (χ3n) is 2.26. The quantitative estimate of drug-likeness (QED) is 0.282. The van der Waals surface area contributed by atoms with E-state index in [1.807, 2.05) is 64.1 Å². The Bertz CT molecular complexity index is 402. The van der Waals surface area contributed by atoms with Gasteiger partial charge in [-0.25, -0.2) is 0 Å². The Morgan fingerprint density at radius 2 is 0.778 bits per heavy atom. The molecule has 27 heavy (non-hydrogen) atoms. The second-order valence-electron chi connectivity index (χ2n) is 3.93. The van der Waals surface area contributed by atoms with Crippen molar-refractivity contribution < 1.29 is 45.6 Å². The monoisotopic (exact) mass is 416 g/mol. The third-order valence-corrected chi connectivity index (χ3v) is 2.26. The zero-order valence-electron chi connectivity index (χ0n) is 16.3. The van der Waals surface area contributed by atoms with Crippen molar-refractivity contribution in [2.45, 2.75) is 40.3 Å². The van der Waals surface area contributed by atoms with Gasteiger partial charge in [-0.2, -0.15) is 0 Å². The molecule has 0 radical (unpaired) electrons. The van der Waals surface area contributed by atoms with Gasteiger partial charge in [0.2, 0.25) is 12.6 Å². The van der Waals surface area contributed by atoms with Gasteiger partial charge in [-0.15, -0.1) is 0 Å². The van der Waals surface area contributed by atoms with Gasteiger partial charge in [-0.1, -0.05) is 36.4 Å². The van der Waals surface area contributed by atoms with Crippen LogP contribution < -0.4 is 0 Å². The largest absolute Gasteiger partial charge is 0.0623 e. The van der Waals surface area contributed by atoms with E-state index >= 15 is 0 Å². The molecule has 0 aromatic heterocycles. The first-order chi connectivity index (χ1) is 12.8. The fraction of sp³-hybridized carbons (Fsp3) is 0.500. The summed E-state index contributed by atoms with van der Waals surface area (Å²) in [4.78, 5) is 0. The van der Waals surface area contributed by atoms with E-state index in [4.69, 9.17) is 28.3 Å². The SMILES string of the molecule is CCOC(C#CC(OCC)OCC)OCC.[C-]#[O+].[C-]#[O+].[Cr].c1ccccc1. The van der Waals surface area contributed by atoms with Gasteiger partial charge in [0, 0.05) is 43.8 Å². The van der Waals surface area contributed by atoms with Crippen LogP contribution in [0.1, 0.15) is 27.7 Å². The van der Waals surface area contributed by atoms with E-state index in [-0.39, 0.29) is 17.4 Å². The molecule has 0 saturated heterocycles. The summed E-state index contributed by atoms with van der Waals surface area (Å²) in [5.41, 5.74) is 0. The van der Waals surface area contributed by atoms with Crippen molar-refractivity contribution in [2.24, 2.45) is 0 Å². The van der Waals surface area contributed by atoms with Crippen molar-refractivity contribution in [1.82, 2.24) is 0 Å². The molecule has 1 rings (SSSR count). The molecule has 1 aromatic rings. The fourth-order valence-corrected chi connectivity index (χ4v) is 1.39. The zero-order valence-corrected chi connectivity index (χ0v) is 17.6. The zero-order chi connectivity index (χ0) is 20.5. The summed E-state index contributed by atoms with van der Waals surface area (Å²) in [5.74, 6) is 5.69. The minimum absolute atomic E-state index is 0. The van der Waals surface area contributed by atoms with E-state index in [2.05, 4.69) is 25.1 Å². The van der Waals surface area contributed by atoms with Crippen molar-refractivity contribution in [3.8, 4) is 11.8 Å². The fourth-order valence-electron chi connectivity index (χ4n) is 1.39. The van der Waals surface area contributed by atoms with E-state index < -0.39 is 12.6 Å². The Kier molecular flexibility index (Phi) is 39.8. The molecule has 7 heteroatoms. The Morgan fingerprint density at radius 3 is 0.926 bits per heavy atom.